The summed E-state index contributed by atoms with van der Waals surface area (Å²) in [6.45, 7) is 6.51. The topological polar surface area (TPSA) is 47.5 Å². The van der Waals surface area contributed by atoms with Crippen LogP contribution in [0.5, 0.6) is 0 Å². The molecule has 3 heterocycles. The molecule has 2 aliphatic heterocycles. The maximum absolute atomic E-state index is 5.49. The minimum absolute atomic E-state index is 0.435. The zero-order chi connectivity index (χ0) is 15.4. The van der Waals surface area contributed by atoms with E-state index in [4.69, 9.17) is 9.47 Å². The van der Waals surface area contributed by atoms with E-state index in [0.717, 1.165) is 62.6 Å². The van der Waals surface area contributed by atoms with Gasteiger partial charge in [-0.1, -0.05) is 0 Å². The molecule has 0 spiro atoms. The summed E-state index contributed by atoms with van der Waals surface area (Å²) in [6.07, 6.45) is 4.68. The van der Waals surface area contributed by atoms with E-state index in [9.17, 15) is 0 Å². The normalized spacial score (nSPS) is 22.9. The van der Waals surface area contributed by atoms with Crippen LogP contribution in [0.15, 0.2) is 6.07 Å². The number of rotatable bonds is 5. The molecule has 0 radical (unpaired) electrons. The first kappa shape index (κ1) is 15.7. The number of aromatic nitrogens is 2. The van der Waals surface area contributed by atoms with Gasteiger partial charge in [0, 0.05) is 45.4 Å². The predicted octanol–water partition coefficient (Wildman–Crippen LogP) is 2.54. The van der Waals surface area contributed by atoms with Gasteiger partial charge in [-0.2, -0.15) is 0 Å². The molecule has 1 aromatic rings. The van der Waals surface area contributed by atoms with Gasteiger partial charge in [-0.15, -0.1) is 0 Å². The molecule has 1 aromatic heterocycles. The number of aryl methyl sites for hydroxylation is 1. The molecule has 1 atom stereocenters. The van der Waals surface area contributed by atoms with Crippen LogP contribution in [0, 0.1) is 12.8 Å². The van der Waals surface area contributed by atoms with E-state index in [0.29, 0.717) is 5.92 Å². The van der Waals surface area contributed by atoms with Gasteiger partial charge in [0.05, 0.1) is 12.3 Å². The van der Waals surface area contributed by atoms with E-state index < -0.39 is 0 Å². The second-order valence-corrected chi connectivity index (χ2v) is 6.52. The minimum Gasteiger partial charge on any atom is -0.381 e. The first-order valence-corrected chi connectivity index (χ1v) is 8.44. The van der Waals surface area contributed by atoms with Gasteiger partial charge in [0.25, 0.3) is 0 Å². The van der Waals surface area contributed by atoms with E-state index >= 15 is 0 Å². The van der Waals surface area contributed by atoms with Crippen molar-refractivity contribution in [1.29, 1.82) is 0 Å². The molecule has 0 bridgehead atoms. The van der Waals surface area contributed by atoms with Crippen LogP contribution in [-0.4, -0.2) is 50.0 Å². The summed E-state index contributed by atoms with van der Waals surface area (Å²) in [5, 5.41) is 0. The Labute approximate surface area is 133 Å². The lowest BCUT2D eigenvalue weighted by molar-refractivity contribution is 0.0645. The molecule has 5 heteroatoms. The average molecular weight is 305 g/mol. The monoisotopic (exact) mass is 305 g/mol. The van der Waals surface area contributed by atoms with Crippen molar-refractivity contribution < 1.29 is 9.47 Å². The fourth-order valence-electron chi connectivity index (χ4n) is 3.27. The Balaban J connectivity index is 1.62. The number of nitrogens with zero attached hydrogens (tertiary/aromatic N) is 3. The fraction of sp³-hybridized carbons (Fsp3) is 0.765. The summed E-state index contributed by atoms with van der Waals surface area (Å²) in [6, 6.07) is 2.15. The van der Waals surface area contributed by atoms with Gasteiger partial charge in [-0.05, 0) is 38.5 Å². The van der Waals surface area contributed by atoms with Crippen LogP contribution in [-0.2, 0) is 9.47 Å². The average Bonchev–Trinajstić information content (AvgIpc) is 3.07. The Bertz CT molecular complexity index is 483. The van der Waals surface area contributed by atoms with Crippen molar-refractivity contribution in [2.75, 3.05) is 44.9 Å². The van der Waals surface area contributed by atoms with Gasteiger partial charge in [0.1, 0.15) is 11.6 Å². The molecule has 3 rings (SSSR count). The molecule has 0 saturated carbocycles. The lowest BCUT2D eigenvalue weighted by atomic mass is 9.96. The molecular formula is C17H27N3O2. The van der Waals surface area contributed by atoms with Crippen molar-refractivity contribution in [3.8, 4) is 0 Å². The molecule has 0 N–H and O–H groups in total. The predicted molar refractivity (Wildman–Crippen MR) is 86.4 cm³/mol. The molecule has 2 saturated heterocycles. The van der Waals surface area contributed by atoms with Crippen LogP contribution in [0.4, 0.5) is 5.82 Å². The fourth-order valence-corrected chi connectivity index (χ4v) is 3.27. The van der Waals surface area contributed by atoms with Gasteiger partial charge in [-0.3, -0.25) is 0 Å². The Hall–Kier alpha value is -1.20. The lowest BCUT2D eigenvalue weighted by Crippen LogP contribution is -2.25. The SMILES string of the molecule is Cc1nc([C@H]2CCOC2)cc(N(C)CCC2CCOCC2)n1. The summed E-state index contributed by atoms with van der Waals surface area (Å²) in [4.78, 5) is 11.5. The summed E-state index contributed by atoms with van der Waals surface area (Å²) in [5.74, 6) is 3.13. The Morgan fingerprint density at radius 3 is 2.64 bits per heavy atom. The molecule has 122 valence electrons. The Kier molecular flexibility index (Phi) is 5.26. The molecule has 0 unspecified atom stereocenters. The van der Waals surface area contributed by atoms with Gasteiger partial charge >= 0.3 is 0 Å². The summed E-state index contributed by atoms with van der Waals surface area (Å²) in [5.41, 5.74) is 1.14. The maximum atomic E-state index is 5.49. The Morgan fingerprint density at radius 1 is 1.14 bits per heavy atom. The minimum atomic E-state index is 0.435. The van der Waals surface area contributed by atoms with E-state index in [-0.39, 0.29) is 0 Å². The number of ether oxygens (including phenoxy) is 2. The largest absolute Gasteiger partial charge is 0.381 e. The second kappa shape index (κ2) is 7.38. The van der Waals surface area contributed by atoms with Gasteiger partial charge in [-0.25, -0.2) is 9.97 Å². The Morgan fingerprint density at radius 2 is 1.91 bits per heavy atom. The third-order valence-corrected chi connectivity index (χ3v) is 4.80. The molecular weight excluding hydrogens is 278 g/mol. The summed E-state index contributed by atoms with van der Waals surface area (Å²) >= 11 is 0. The highest BCUT2D eigenvalue weighted by molar-refractivity contribution is 5.39. The molecule has 0 aromatic carbocycles. The third kappa shape index (κ3) is 3.96. The van der Waals surface area contributed by atoms with Crippen LogP contribution in [0.2, 0.25) is 0 Å². The van der Waals surface area contributed by atoms with Crippen LogP contribution in [0.1, 0.15) is 43.1 Å². The van der Waals surface area contributed by atoms with E-state index in [1.54, 1.807) is 0 Å². The molecule has 0 amide bonds. The van der Waals surface area contributed by atoms with Crippen molar-refractivity contribution in [1.82, 2.24) is 9.97 Å². The highest BCUT2D eigenvalue weighted by Gasteiger charge is 2.21. The zero-order valence-electron chi connectivity index (χ0n) is 13.8. The van der Waals surface area contributed by atoms with Crippen molar-refractivity contribution in [2.24, 2.45) is 5.92 Å². The van der Waals surface area contributed by atoms with Crippen LogP contribution < -0.4 is 4.90 Å². The van der Waals surface area contributed by atoms with E-state index in [1.165, 1.54) is 19.3 Å². The van der Waals surface area contributed by atoms with Crippen molar-refractivity contribution in [3.05, 3.63) is 17.6 Å². The molecule has 2 aliphatic rings. The summed E-state index contributed by atoms with van der Waals surface area (Å²) in [7, 11) is 2.13. The highest BCUT2D eigenvalue weighted by atomic mass is 16.5. The van der Waals surface area contributed by atoms with Crippen molar-refractivity contribution in [3.63, 3.8) is 0 Å². The first-order chi connectivity index (χ1) is 10.7. The quantitative estimate of drug-likeness (QED) is 0.836. The van der Waals surface area contributed by atoms with Crippen LogP contribution in [0.3, 0.4) is 0 Å². The van der Waals surface area contributed by atoms with Gasteiger partial charge < -0.3 is 14.4 Å². The summed E-state index contributed by atoms with van der Waals surface area (Å²) < 4.78 is 10.9. The standard InChI is InChI=1S/C17H27N3O2/c1-13-18-16(15-6-10-22-12-15)11-17(19-13)20(2)7-3-14-4-8-21-9-5-14/h11,14-15H,3-10,12H2,1-2H3/t15-/m0/s1. The van der Waals surface area contributed by atoms with E-state index in [1.807, 2.05) is 6.92 Å². The maximum Gasteiger partial charge on any atom is 0.132 e. The molecule has 22 heavy (non-hydrogen) atoms. The molecule has 0 aliphatic carbocycles. The van der Waals surface area contributed by atoms with Gasteiger partial charge in [0.15, 0.2) is 0 Å². The van der Waals surface area contributed by atoms with E-state index in [2.05, 4.69) is 28.0 Å². The zero-order valence-corrected chi connectivity index (χ0v) is 13.8. The van der Waals surface area contributed by atoms with Crippen molar-refractivity contribution >= 4 is 5.82 Å². The highest BCUT2D eigenvalue weighted by Crippen LogP contribution is 2.26. The molecule has 5 nitrogen and oxygen atoms in total. The van der Waals surface area contributed by atoms with Gasteiger partial charge in [0.2, 0.25) is 0 Å². The molecule has 2 fully saturated rings. The number of hydrogen-bond donors (Lipinski definition) is 0. The smallest absolute Gasteiger partial charge is 0.132 e. The third-order valence-electron chi connectivity index (χ3n) is 4.80. The number of anilines is 1. The lowest BCUT2D eigenvalue weighted by Gasteiger charge is -2.25. The number of hydrogen-bond acceptors (Lipinski definition) is 5. The van der Waals surface area contributed by atoms with Crippen LogP contribution in [0.25, 0.3) is 0 Å². The first-order valence-electron chi connectivity index (χ1n) is 8.44. The van der Waals surface area contributed by atoms with Crippen molar-refractivity contribution in [2.45, 2.75) is 38.5 Å². The van der Waals surface area contributed by atoms with Crippen LogP contribution >= 0.6 is 0 Å². The second-order valence-electron chi connectivity index (χ2n) is 6.52.